The second-order valence-electron chi connectivity index (χ2n) is 4.02. The summed E-state index contributed by atoms with van der Waals surface area (Å²) in [5.74, 6) is 5.00. The van der Waals surface area contributed by atoms with Crippen LogP contribution in [0.1, 0.15) is 19.8 Å². The van der Waals surface area contributed by atoms with Gasteiger partial charge in [-0.05, 0) is 13.0 Å². The highest BCUT2D eigenvalue weighted by Crippen LogP contribution is 2.03. The van der Waals surface area contributed by atoms with E-state index < -0.39 is 0 Å². The van der Waals surface area contributed by atoms with Gasteiger partial charge in [0.15, 0.2) is 0 Å². The number of hydrogen-bond donors (Lipinski definition) is 2. The van der Waals surface area contributed by atoms with E-state index in [0.29, 0.717) is 6.42 Å². The van der Waals surface area contributed by atoms with E-state index in [2.05, 4.69) is 10.3 Å². The molecule has 6 nitrogen and oxygen atoms in total. The highest BCUT2D eigenvalue weighted by molar-refractivity contribution is 5.75. The van der Waals surface area contributed by atoms with Crippen molar-refractivity contribution in [1.82, 2.24) is 15.2 Å². The molecule has 0 aromatic rings. The smallest absolute Gasteiger partial charge is 0.233 e. The van der Waals surface area contributed by atoms with Gasteiger partial charge >= 0.3 is 0 Å². The van der Waals surface area contributed by atoms with Crippen molar-refractivity contribution in [2.24, 2.45) is 5.84 Å². The number of nitrogens with one attached hydrogen (secondary N) is 1. The standard InChI is InChI=1S/C10H20N4O2/c1-9(15)14-7-5-13(6-8-14)4-2-3-10(16)12-11/h2-8,11H2,1H3,(H,12,16). The van der Waals surface area contributed by atoms with Gasteiger partial charge < -0.3 is 4.90 Å². The van der Waals surface area contributed by atoms with Crippen molar-refractivity contribution >= 4 is 11.8 Å². The Morgan fingerprint density at radius 3 is 2.38 bits per heavy atom. The lowest BCUT2D eigenvalue weighted by atomic mass is 10.2. The molecule has 1 aliphatic heterocycles. The van der Waals surface area contributed by atoms with Crippen molar-refractivity contribution in [1.29, 1.82) is 0 Å². The SMILES string of the molecule is CC(=O)N1CCN(CCCC(=O)NN)CC1. The fourth-order valence-electron chi connectivity index (χ4n) is 1.82. The molecule has 0 aromatic heterocycles. The van der Waals surface area contributed by atoms with Crippen LogP contribution in [0, 0.1) is 0 Å². The molecule has 92 valence electrons. The number of carbonyl (C=O) groups is 2. The molecule has 1 saturated heterocycles. The molecule has 0 atom stereocenters. The van der Waals surface area contributed by atoms with Crippen LogP contribution in [0.3, 0.4) is 0 Å². The fourth-order valence-corrected chi connectivity index (χ4v) is 1.82. The Balaban J connectivity index is 2.13. The van der Waals surface area contributed by atoms with Crippen LogP contribution in [-0.2, 0) is 9.59 Å². The molecule has 0 aromatic carbocycles. The molecular formula is C10H20N4O2. The lowest BCUT2D eigenvalue weighted by Crippen LogP contribution is -2.48. The van der Waals surface area contributed by atoms with Crippen LogP contribution in [0.15, 0.2) is 0 Å². The largest absolute Gasteiger partial charge is 0.340 e. The topological polar surface area (TPSA) is 78.7 Å². The number of carbonyl (C=O) groups excluding carboxylic acids is 2. The van der Waals surface area contributed by atoms with Crippen molar-refractivity contribution < 1.29 is 9.59 Å². The van der Waals surface area contributed by atoms with E-state index in [9.17, 15) is 9.59 Å². The average Bonchev–Trinajstić information content (AvgIpc) is 2.29. The summed E-state index contributed by atoms with van der Waals surface area (Å²) in [6.45, 7) is 5.85. The van der Waals surface area contributed by atoms with Gasteiger partial charge in [-0.15, -0.1) is 0 Å². The Morgan fingerprint density at radius 1 is 1.25 bits per heavy atom. The van der Waals surface area contributed by atoms with E-state index in [1.807, 2.05) is 4.90 Å². The molecule has 0 spiro atoms. The number of rotatable bonds is 4. The average molecular weight is 228 g/mol. The molecule has 3 N–H and O–H groups in total. The minimum Gasteiger partial charge on any atom is -0.340 e. The molecular weight excluding hydrogens is 208 g/mol. The van der Waals surface area contributed by atoms with Gasteiger partial charge in [0.25, 0.3) is 0 Å². The van der Waals surface area contributed by atoms with Gasteiger partial charge in [0.1, 0.15) is 0 Å². The van der Waals surface area contributed by atoms with Crippen molar-refractivity contribution in [3.05, 3.63) is 0 Å². The Morgan fingerprint density at radius 2 is 1.88 bits per heavy atom. The summed E-state index contributed by atoms with van der Waals surface area (Å²) in [5.41, 5.74) is 2.11. The highest BCUT2D eigenvalue weighted by atomic mass is 16.2. The summed E-state index contributed by atoms with van der Waals surface area (Å²) in [7, 11) is 0. The number of piperazine rings is 1. The van der Waals surface area contributed by atoms with Crippen LogP contribution in [0.2, 0.25) is 0 Å². The molecule has 1 heterocycles. The first-order valence-electron chi connectivity index (χ1n) is 5.61. The van der Waals surface area contributed by atoms with Crippen molar-refractivity contribution in [3.8, 4) is 0 Å². The molecule has 16 heavy (non-hydrogen) atoms. The zero-order valence-corrected chi connectivity index (χ0v) is 9.74. The highest BCUT2D eigenvalue weighted by Gasteiger charge is 2.17. The Labute approximate surface area is 95.7 Å². The van der Waals surface area contributed by atoms with Crippen molar-refractivity contribution in [3.63, 3.8) is 0 Å². The second kappa shape index (κ2) is 6.44. The maximum absolute atomic E-state index is 11.1. The van der Waals surface area contributed by atoms with Crippen molar-refractivity contribution in [2.75, 3.05) is 32.7 Å². The predicted octanol–water partition coefficient (Wildman–Crippen LogP) is -1.08. The van der Waals surface area contributed by atoms with E-state index >= 15 is 0 Å². The first-order chi connectivity index (χ1) is 7.63. The molecule has 0 bridgehead atoms. The quantitative estimate of drug-likeness (QED) is 0.364. The summed E-state index contributed by atoms with van der Waals surface area (Å²) in [4.78, 5) is 26.1. The van der Waals surface area contributed by atoms with Crippen LogP contribution in [0.5, 0.6) is 0 Å². The third-order valence-corrected chi connectivity index (χ3v) is 2.86. The summed E-state index contributed by atoms with van der Waals surface area (Å²) >= 11 is 0. The normalized spacial score (nSPS) is 17.2. The van der Waals surface area contributed by atoms with Crippen LogP contribution < -0.4 is 11.3 Å². The van der Waals surface area contributed by atoms with Gasteiger partial charge in [0, 0.05) is 39.5 Å². The van der Waals surface area contributed by atoms with E-state index in [-0.39, 0.29) is 11.8 Å². The number of amides is 2. The first kappa shape index (κ1) is 12.9. The molecule has 1 aliphatic rings. The van der Waals surface area contributed by atoms with Gasteiger partial charge in [-0.3, -0.25) is 19.9 Å². The number of nitrogens with zero attached hydrogens (tertiary/aromatic N) is 2. The first-order valence-corrected chi connectivity index (χ1v) is 5.61. The summed E-state index contributed by atoms with van der Waals surface area (Å²) < 4.78 is 0. The van der Waals surface area contributed by atoms with Gasteiger partial charge in [-0.2, -0.15) is 0 Å². The molecule has 6 heteroatoms. The van der Waals surface area contributed by atoms with Crippen LogP contribution in [0.4, 0.5) is 0 Å². The van der Waals surface area contributed by atoms with E-state index in [1.54, 1.807) is 6.92 Å². The molecule has 0 aliphatic carbocycles. The molecule has 0 unspecified atom stereocenters. The summed E-state index contributed by atoms with van der Waals surface area (Å²) in [5, 5.41) is 0. The predicted molar refractivity (Wildman–Crippen MR) is 60.3 cm³/mol. The van der Waals surface area contributed by atoms with Gasteiger partial charge in [-0.25, -0.2) is 5.84 Å². The minimum atomic E-state index is -0.123. The number of hydrazine groups is 1. The van der Waals surface area contributed by atoms with E-state index in [1.165, 1.54) is 0 Å². The third-order valence-electron chi connectivity index (χ3n) is 2.86. The maximum atomic E-state index is 11.1. The third kappa shape index (κ3) is 4.16. The Hall–Kier alpha value is -1.14. The van der Waals surface area contributed by atoms with E-state index in [4.69, 9.17) is 5.84 Å². The fraction of sp³-hybridized carbons (Fsp3) is 0.800. The molecule has 2 amide bonds. The molecule has 1 rings (SSSR count). The lowest BCUT2D eigenvalue weighted by molar-refractivity contribution is -0.130. The maximum Gasteiger partial charge on any atom is 0.233 e. The molecule has 1 fully saturated rings. The van der Waals surface area contributed by atoms with Gasteiger partial charge in [0.2, 0.25) is 11.8 Å². The lowest BCUT2D eigenvalue weighted by Gasteiger charge is -2.34. The Kier molecular flexibility index (Phi) is 5.21. The summed E-state index contributed by atoms with van der Waals surface area (Å²) in [6.07, 6.45) is 1.27. The monoisotopic (exact) mass is 228 g/mol. The van der Waals surface area contributed by atoms with Crippen LogP contribution in [-0.4, -0.2) is 54.3 Å². The zero-order valence-electron chi connectivity index (χ0n) is 9.74. The van der Waals surface area contributed by atoms with Crippen LogP contribution in [0.25, 0.3) is 0 Å². The van der Waals surface area contributed by atoms with Crippen LogP contribution >= 0.6 is 0 Å². The van der Waals surface area contributed by atoms with Gasteiger partial charge in [-0.1, -0.05) is 0 Å². The molecule has 0 saturated carbocycles. The van der Waals surface area contributed by atoms with E-state index in [0.717, 1.165) is 39.1 Å². The number of nitrogens with two attached hydrogens (primary N) is 1. The molecule has 0 radical (unpaired) electrons. The number of hydrogen-bond acceptors (Lipinski definition) is 4. The zero-order chi connectivity index (χ0) is 12.0. The van der Waals surface area contributed by atoms with Gasteiger partial charge in [0.05, 0.1) is 0 Å². The second-order valence-corrected chi connectivity index (χ2v) is 4.02. The minimum absolute atomic E-state index is 0.123. The van der Waals surface area contributed by atoms with Crippen molar-refractivity contribution in [2.45, 2.75) is 19.8 Å². The summed E-state index contributed by atoms with van der Waals surface area (Å²) in [6, 6.07) is 0. The Bertz CT molecular complexity index is 249.